The molecule has 23 heavy (non-hydrogen) atoms. The molecule has 0 spiro atoms. The summed E-state index contributed by atoms with van der Waals surface area (Å²) in [5.74, 6) is 0.0213. The average Bonchev–Trinajstić information content (AvgIpc) is 2.60. The van der Waals surface area contributed by atoms with Crippen LogP contribution in [0.5, 0.6) is 5.75 Å². The third-order valence-corrected chi connectivity index (χ3v) is 3.28. The summed E-state index contributed by atoms with van der Waals surface area (Å²) in [7, 11) is 0. The first kappa shape index (κ1) is 16.8. The molecule has 0 bridgehead atoms. The topological polar surface area (TPSA) is 55.8 Å². The molecule has 0 aliphatic heterocycles. The first-order valence-corrected chi connectivity index (χ1v) is 7.41. The summed E-state index contributed by atoms with van der Waals surface area (Å²) in [5, 5.41) is 9.39. The van der Waals surface area contributed by atoms with Crippen molar-refractivity contribution in [2.45, 2.75) is 19.1 Å². The van der Waals surface area contributed by atoms with Gasteiger partial charge < -0.3 is 14.6 Å². The number of para-hydroxylation sites is 1. The average molecular weight is 312 g/mol. The molecule has 0 radical (unpaired) electrons. The Hall–Kier alpha value is -2.59. The number of ether oxygens (including phenoxy) is 2. The van der Waals surface area contributed by atoms with E-state index in [2.05, 4.69) is 6.58 Å². The van der Waals surface area contributed by atoms with Gasteiger partial charge in [-0.3, -0.25) is 0 Å². The maximum Gasteiger partial charge on any atom is 0.347 e. The van der Waals surface area contributed by atoms with Gasteiger partial charge in [0.1, 0.15) is 12.4 Å². The van der Waals surface area contributed by atoms with Crippen molar-refractivity contribution in [3.63, 3.8) is 0 Å². The van der Waals surface area contributed by atoms with E-state index in [0.717, 1.165) is 5.56 Å². The molecule has 0 amide bonds. The zero-order valence-electron chi connectivity index (χ0n) is 12.9. The molecule has 0 aromatic heterocycles. The van der Waals surface area contributed by atoms with Crippen LogP contribution in [-0.2, 0) is 22.6 Å². The second-order valence-electron chi connectivity index (χ2n) is 4.98. The summed E-state index contributed by atoms with van der Waals surface area (Å²) in [5.41, 5.74) is 1.59. The summed E-state index contributed by atoms with van der Waals surface area (Å²) >= 11 is 0. The first-order chi connectivity index (χ1) is 11.2. The van der Waals surface area contributed by atoms with E-state index < -0.39 is 12.1 Å². The van der Waals surface area contributed by atoms with Crippen LogP contribution in [0.25, 0.3) is 0 Å². The molecule has 0 unspecified atom stereocenters. The number of carbonyl (C=O) groups is 1. The minimum atomic E-state index is -0.787. The monoisotopic (exact) mass is 312 g/mol. The Morgan fingerprint density at radius 2 is 1.83 bits per heavy atom. The highest BCUT2D eigenvalue weighted by molar-refractivity contribution is 5.75. The summed E-state index contributed by atoms with van der Waals surface area (Å²) in [6, 6.07) is 16.7. The van der Waals surface area contributed by atoms with Crippen LogP contribution in [0.3, 0.4) is 0 Å². The summed E-state index contributed by atoms with van der Waals surface area (Å²) in [6.07, 6.45) is 1.11. The Labute approximate surface area is 136 Å². The zero-order chi connectivity index (χ0) is 16.5. The van der Waals surface area contributed by atoms with Gasteiger partial charge in [-0.1, -0.05) is 61.2 Å². The van der Waals surface area contributed by atoms with Crippen LogP contribution < -0.4 is 4.74 Å². The molecule has 2 aromatic rings. The van der Waals surface area contributed by atoms with E-state index in [9.17, 15) is 9.90 Å². The van der Waals surface area contributed by atoms with Gasteiger partial charge in [-0.05, 0) is 11.6 Å². The van der Waals surface area contributed by atoms with Crippen LogP contribution >= 0.6 is 0 Å². The molecule has 2 rings (SSSR count). The number of rotatable bonds is 8. The highest BCUT2D eigenvalue weighted by Gasteiger charge is 2.23. The number of hydrogen-bond acceptors (Lipinski definition) is 4. The normalized spacial score (nSPS) is 11.5. The van der Waals surface area contributed by atoms with Gasteiger partial charge in [-0.2, -0.15) is 0 Å². The minimum Gasteiger partial charge on any atom is -0.478 e. The molecule has 120 valence electrons. The van der Waals surface area contributed by atoms with E-state index in [0.29, 0.717) is 17.7 Å². The van der Waals surface area contributed by atoms with Crippen molar-refractivity contribution in [3.05, 3.63) is 78.4 Å². The Kier molecular flexibility index (Phi) is 6.39. The molecule has 0 heterocycles. The molecule has 0 fully saturated rings. The Balaban J connectivity index is 2.18. The smallest absolute Gasteiger partial charge is 0.347 e. The van der Waals surface area contributed by atoms with Crippen LogP contribution in [0.15, 0.2) is 67.3 Å². The van der Waals surface area contributed by atoms with E-state index in [4.69, 9.17) is 9.47 Å². The molecule has 2 aromatic carbocycles. The third kappa shape index (κ3) is 4.97. The molecule has 4 nitrogen and oxygen atoms in total. The molecular weight excluding hydrogens is 292 g/mol. The Morgan fingerprint density at radius 1 is 1.13 bits per heavy atom. The minimum absolute atomic E-state index is 0.134. The van der Waals surface area contributed by atoms with Gasteiger partial charge in [0.05, 0.1) is 6.61 Å². The van der Waals surface area contributed by atoms with Crippen molar-refractivity contribution in [3.8, 4) is 5.75 Å². The van der Waals surface area contributed by atoms with Gasteiger partial charge in [0.15, 0.2) is 6.10 Å². The predicted molar refractivity (Wildman–Crippen MR) is 88.1 cm³/mol. The molecule has 1 atom stereocenters. The maximum absolute atomic E-state index is 12.3. The summed E-state index contributed by atoms with van der Waals surface area (Å²) in [4.78, 5) is 12.3. The lowest BCUT2D eigenvalue weighted by Gasteiger charge is -2.19. The SMILES string of the molecule is C=CCOC(=O)[C@H](Cc1ccccc1)Oc1ccccc1CO. The number of carbonyl (C=O) groups excluding carboxylic acids is 1. The van der Waals surface area contributed by atoms with E-state index in [1.807, 2.05) is 30.3 Å². The molecule has 0 saturated heterocycles. The quantitative estimate of drug-likeness (QED) is 0.601. The molecule has 0 aliphatic rings. The van der Waals surface area contributed by atoms with Gasteiger partial charge >= 0.3 is 5.97 Å². The second-order valence-corrected chi connectivity index (χ2v) is 4.98. The number of hydrogen-bond donors (Lipinski definition) is 1. The Morgan fingerprint density at radius 3 is 2.52 bits per heavy atom. The van der Waals surface area contributed by atoms with Crippen molar-refractivity contribution < 1.29 is 19.4 Å². The van der Waals surface area contributed by atoms with E-state index in [1.165, 1.54) is 6.08 Å². The lowest BCUT2D eigenvalue weighted by Crippen LogP contribution is -2.32. The van der Waals surface area contributed by atoms with E-state index >= 15 is 0 Å². The molecular formula is C19H20O4. The summed E-state index contributed by atoms with van der Waals surface area (Å²) in [6.45, 7) is 3.51. The van der Waals surface area contributed by atoms with Gasteiger partial charge in [0, 0.05) is 12.0 Å². The van der Waals surface area contributed by atoms with Crippen LogP contribution in [0, 0.1) is 0 Å². The lowest BCUT2D eigenvalue weighted by atomic mass is 10.1. The Bertz CT molecular complexity index is 637. The third-order valence-electron chi connectivity index (χ3n) is 3.28. The summed E-state index contributed by atoms with van der Waals surface area (Å²) < 4.78 is 11.0. The van der Waals surface area contributed by atoms with Crippen molar-refractivity contribution >= 4 is 5.97 Å². The fourth-order valence-electron chi connectivity index (χ4n) is 2.14. The van der Waals surface area contributed by atoms with Gasteiger partial charge in [0.2, 0.25) is 0 Å². The molecule has 0 saturated carbocycles. The van der Waals surface area contributed by atoms with Crippen LogP contribution in [0.4, 0.5) is 0 Å². The fourth-order valence-corrected chi connectivity index (χ4v) is 2.14. The van der Waals surface area contributed by atoms with Gasteiger partial charge in [-0.25, -0.2) is 4.79 Å². The number of benzene rings is 2. The highest BCUT2D eigenvalue weighted by Crippen LogP contribution is 2.21. The van der Waals surface area contributed by atoms with Crippen molar-refractivity contribution in [2.24, 2.45) is 0 Å². The predicted octanol–water partition coefficient (Wildman–Crippen LogP) is 2.90. The van der Waals surface area contributed by atoms with E-state index in [-0.39, 0.29) is 13.2 Å². The zero-order valence-corrected chi connectivity index (χ0v) is 12.9. The van der Waals surface area contributed by atoms with Crippen molar-refractivity contribution in [1.29, 1.82) is 0 Å². The number of aliphatic hydroxyl groups is 1. The number of aliphatic hydroxyl groups excluding tert-OH is 1. The fraction of sp³-hybridized carbons (Fsp3) is 0.211. The van der Waals surface area contributed by atoms with Gasteiger partial charge in [0.25, 0.3) is 0 Å². The molecule has 1 N–H and O–H groups in total. The standard InChI is InChI=1S/C19H20O4/c1-2-12-22-19(21)18(13-15-8-4-3-5-9-15)23-17-11-7-6-10-16(17)14-20/h2-11,18,20H,1,12-14H2/t18-/m0/s1. The maximum atomic E-state index is 12.3. The van der Waals surface area contributed by atoms with Crippen LogP contribution in [-0.4, -0.2) is 23.8 Å². The van der Waals surface area contributed by atoms with Crippen LogP contribution in [0.1, 0.15) is 11.1 Å². The second kappa shape index (κ2) is 8.76. The van der Waals surface area contributed by atoms with Crippen LogP contribution in [0.2, 0.25) is 0 Å². The van der Waals surface area contributed by atoms with E-state index in [1.54, 1.807) is 24.3 Å². The number of esters is 1. The lowest BCUT2D eigenvalue weighted by molar-refractivity contribution is -0.150. The van der Waals surface area contributed by atoms with Gasteiger partial charge in [-0.15, -0.1) is 0 Å². The van der Waals surface area contributed by atoms with Crippen molar-refractivity contribution in [1.82, 2.24) is 0 Å². The molecule has 0 aliphatic carbocycles. The highest BCUT2D eigenvalue weighted by atomic mass is 16.6. The molecule has 4 heteroatoms. The largest absolute Gasteiger partial charge is 0.478 e. The first-order valence-electron chi connectivity index (χ1n) is 7.41. The van der Waals surface area contributed by atoms with Crippen molar-refractivity contribution in [2.75, 3.05) is 6.61 Å².